The number of allylic oxidation sites excluding steroid dienone is 2. The van der Waals surface area contributed by atoms with Crippen LogP contribution >= 0.6 is 0 Å². The summed E-state index contributed by atoms with van der Waals surface area (Å²) in [7, 11) is 0. The van der Waals surface area contributed by atoms with Crippen LogP contribution in [-0.4, -0.2) is 15.9 Å². The number of benzene rings is 3. The molecule has 0 aliphatic heterocycles. The summed E-state index contributed by atoms with van der Waals surface area (Å²) in [6, 6.07) is 21.1. The van der Waals surface area contributed by atoms with Crippen molar-refractivity contribution in [3.63, 3.8) is 0 Å². The molecule has 0 aliphatic rings. The Bertz CT molecular complexity index is 1700. The normalized spacial score (nSPS) is 12.8. The third kappa shape index (κ3) is 8.52. The quantitative estimate of drug-likeness (QED) is 0.120. The van der Waals surface area contributed by atoms with Gasteiger partial charge in [0.15, 0.2) is 5.78 Å². The van der Waals surface area contributed by atoms with Gasteiger partial charge in [0.05, 0.1) is 5.52 Å². The van der Waals surface area contributed by atoms with Crippen molar-refractivity contribution in [2.45, 2.75) is 102 Å². The second-order valence-electron chi connectivity index (χ2n) is 15.3. The van der Waals surface area contributed by atoms with Crippen LogP contribution in [0.25, 0.3) is 32.9 Å². The first-order valence-electron chi connectivity index (χ1n) is 16.0. The van der Waals surface area contributed by atoms with Crippen molar-refractivity contribution in [3.8, 4) is 11.3 Å². The van der Waals surface area contributed by atoms with Gasteiger partial charge in [-0.1, -0.05) is 117 Å². The predicted octanol–water partition coefficient (Wildman–Crippen LogP) is 11.4. The minimum atomic E-state index is -0.430. The molecule has 245 valence electrons. The number of pyridine rings is 1. The van der Waals surface area contributed by atoms with E-state index in [-0.39, 0.29) is 54.3 Å². The van der Waals surface area contributed by atoms with E-state index in [2.05, 4.69) is 96.1 Å². The molecule has 45 heavy (non-hydrogen) atoms. The van der Waals surface area contributed by atoms with Crippen molar-refractivity contribution in [1.29, 1.82) is 0 Å². The van der Waals surface area contributed by atoms with Crippen LogP contribution in [0.5, 0.6) is 0 Å². The molecule has 0 aliphatic carbocycles. The van der Waals surface area contributed by atoms with Gasteiger partial charge in [0.2, 0.25) is 0 Å². The Morgan fingerprint density at radius 3 is 1.93 bits per heavy atom. The minimum absolute atomic E-state index is 0. The Balaban J connectivity index is 0.000000343. The van der Waals surface area contributed by atoms with E-state index in [0.29, 0.717) is 0 Å². The van der Waals surface area contributed by atoms with Gasteiger partial charge in [-0.15, -0.1) is 29.1 Å². The van der Waals surface area contributed by atoms with Gasteiger partial charge in [-0.3, -0.25) is 9.78 Å². The molecular weight excluding hydrogens is 731 g/mol. The van der Waals surface area contributed by atoms with Gasteiger partial charge in [-0.2, -0.15) is 0 Å². The van der Waals surface area contributed by atoms with E-state index in [0.717, 1.165) is 22.2 Å². The second-order valence-corrected chi connectivity index (χ2v) is 15.3. The van der Waals surface area contributed by atoms with E-state index in [1.807, 2.05) is 55.4 Å². The first-order valence-corrected chi connectivity index (χ1v) is 16.0. The zero-order chi connectivity index (χ0) is 33.4. The van der Waals surface area contributed by atoms with Crippen LogP contribution in [-0.2, 0) is 30.3 Å². The fraction of sp³-hybridized carbons (Fsp3) is 0.463. The number of fused-ring (bicyclic) bond motifs is 2. The molecule has 4 aromatic rings. The van der Waals surface area contributed by atoms with Crippen LogP contribution in [0.3, 0.4) is 0 Å². The predicted molar refractivity (Wildman–Crippen MR) is 189 cm³/mol. The topological polar surface area (TPSA) is 50.2 Å². The molecule has 1 heterocycles. The van der Waals surface area contributed by atoms with Crippen molar-refractivity contribution in [2.75, 3.05) is 0 Å². The van der Waals surface area contributed by atoms with Crippen LogP contribution in [0.15, 0.2) is 60.4 Å². The van der Waals surface area contributed by atoms with Crippen molar-refractivity contribution < 1.29 is 30.0 Å². The molecule has 0 bridgehead atoms. The van der Waals surface area contributed by atoms with E-state index in [4.69, 9.17) is 4.98 Å². The first-order chi connectivity index (χ1) is 20.2. The largest absolute Gasteiger partial charge is 0.512 e. The molecule has 0 fully saturated rings. The average Bonchev–Trinajstić information content (AvgIpc) is 2.91. The zero-order valence-corrected chi connectivity index (χ0v) is 32.4. The number of carbonyl (C=O) groups is 1. The molecule has 4 rings (SSSR count). The van der Waals surface area contributed by atoms with Gasteiger partial charge in [0.25, 0.3) is 0 Å². The third-order valence-electron chi connectivity index (χ3n) is 9.76. The third-order valence-corrected chi connectivity index (χ3v) is 9.76. The molecule has 0 amide bonds. The van der Waals surface area contributed by atoms with Crippen LogP contribution in [0, 0.1) is 49.5 Å². The van der Waals surface area contributed by atoms with Gasteiger partial charge in [-0.25, -0.2) is 0 Å². The van der Waals surface area contributed by atoms with Crippen molar-refractivity contribution in [2.24, 2.45) is 22.7 Å². The van der Waals surface area contributed by atoms with Crippen molar-refractivity contribution in [1.82, 2.24) is 4.98 Å². The van der Waals surface area contributed by atoms with Gasteiger partial charge < -0.3 is 5.11 Å². The number of nitrogens with zero attached hydrogens (tertiary/aromatic N) is 1. The number of carbonyl (C=O) groups excluding carboxylic acids is 1. The molecule has 3 aromatic carbocycles. The molecular formula is C41H54IrNO2-. The van der Waals surface area contributed by atoms with E-state index < -0.39 is 5.41 Å². The monoisotopic (exact) mass is 785 g/mol. The molecule has 3 nitrogen and oxygen atoms in total. The van der Waals surface area contributed by atoms with Gasteiger partial charge >= 0.3 is 0 Å². The first kappa shape index (κ1) is 38.4. The molecule has 1 aromatic heterocycles. The maximum atomic E-state index is 12.1. The molecule has 0 atom stereocenters. The number of rotatable bonds is 6. The zero-order valence-electron chi connectivity index (χ0n) is 30.0. The Kier molecular flexibility index (Phi) is 12.2. The fourth-order valence-corrected chi connectivity index (χ4v) is 5.19. The van der Waals surface area contributed by atoms with E-state index in [1.165, 1.54) is 39.1 Å². The second kappa shape index (κ2) is 14.3. The molecule has 0 unspecified atom stereocenters. The Morgan fingerprint density at radius 2 is 1.38 bits per heavy atom. The Morgan fingerprint density at radius 1 is 0.822 bits per heavy atom. The number of ketones is 1. The summed E-state index contributed by atoms with van der Waals surface area (Å²) in [5.74, 6) is 0.722. The molecule has 4 heteroatoms. The number of aromatic nitrogens is 1. The molecule has 1 radical (unpaired) electrons. The van der Waals surface area contributed by atoms with Crippen molar-refractivity contribution >= 4 is 27.5 Å². The summed E-state index contributed by atoms with van der Waals surface area (Å²) < 4.78 is 0. The Labute approximate surface area is 286 Å². The smallest absolute Gasteiger partial charge is 0.164 e. The SMILES string of the molecule is CC(C)C(C)(C)C(=O)/C=C(\O)C(C)(C)C(C)C.Cc1cc(C)c2c(C)cc(-c3[c-]c4ccccc4c(C(C)(C)C)c3)nc2c1.[Ir]. The maximum absolute atomic E-state index is 12.1. The number of aliphatic hydroxyl groups is 1. The molecule has 0 saturated heterocycles. The summed E-state index contributed by atoms with van der Waals surface area (Å²) in [6.45, 7) is 29.2. The summed E-state index contributed by atoms with van der Waals surface area (Å²) in [5.41, 5.74) is 7.57. The average molecular weight is 785 g/mol. The van der Waals surface area contributed by atoms with Crippen LogP contribution in [0.4, 0.5) is 0 Å². The van der Waals surface area contributed by atoms with Gasteiger partial charge in [0.1, 0.15) is 5.76 Å². The van der Waals surface area contributed by atoms with Crippen molar-refractivity contribution in [3.05, 3.63) is 88.7 Å². The Hall–Kier alpha value is -2.81. The number of hydrogen-bond donors (Lipinski definition) is 1. The maximum Gasteiger partial charge on any atom is 0.164 e. The standard InChI is InChI=1S/C26H26N.C15H28O2.Ir/c1-16-11-17(2)25-18(3)13-23(27-24(25)12-16)20-14-19-9-7-8-10-21(19)22(15-20)26(4,5)6;1-10(2)14(5,6)12(16)9-13(17)15(7,8)11(3)4;/h7-13,15H,1-6H3;9-11,16H,1-8H3;/q-1;;/b;12-9-;. The van der Waals surface area contributed by atoms with Gasteiger partial charge in [0, 0.05) is 48.1 Å². The van der Waals surface area contributed by atoms with Crippen LogP contribution in [0.1, 0.15) is 98.4 Å². The summed E-state index contributed by atoms with van der Waals surface area (Å²) in [4.78, 5) is 17.2. The summed E-state index contributed by atoms with van der Waals surface area (Å²) in [5, 5.41) is 13.8. The van der Waals surface area contributed by atoms with Crippen LogP contribution in [0.2, 0.25) is 0 Å². The van der Waals surface area contributed by atoms with Gasteiger partial charge in [-0.05, 0) is 60.8 Å². The molecule has 0 spiro atoms. The van der Waals surface area contributed by atoms with Crippen LogP contribution < -0.4 is 0 Å². The number of aliphatic hydroxyl groups excluding tert-OH is 1. The molecule has 0 saturated carbocycles. The summed E-state index contributed by atoms with van der Waals surface area (Å²) in [6.07, 6.45) is 1.42. The summed E-state index contributed by atoms with van der Waals surface area (Å²) >= 11 is 0. The van der Waals surface area contributed by atoms with E-state index in [1.54, 1.807) is 0 Å². The number of hydrogen-bond acceptors (Lipinski definition) is 3. The van der Waals surface area contributed by atoms with E-state index >= 15 is 0 Å². The fourth-order valence-electron chi connectivity index (χ4n) is 5.19. The number of aryl methyl sites for hydroxylation is 3. The molecule has 1 N–H and O–H groups in total. The minimum Gasteiger partial charge on any atom is -0.512 e. The van der Waals surface area contributed by atoms with E-state index in [9.17, 15) is 9.90 Å².